The lowest BCUT2D eigenvalue weighted by molar-refractivity contribution is 0.0615. The Kier molecular flexibility index (Phi) is 5.07. The second kappa shape index (κ2) is 7.81. The van der Waals surface area contributed by atoms with Gasteiger partial charge in [0.2, 0.25) is 0 Å². The molecule has 0 bridgehead atoms. The first-order chi connectivity index (χ1) is 13.6. The molecule has 0 N–H and O–H groups in total. The maximum Gasteiger partial charge on any atom is 0.276 e. The van der Waals surface area contributed by atoms with E-state index >= 15 is 0 Å². The van der Waals surface area contributed by atoms with Gasteiger partial charge in [-0.3, -0.25) is 9.69 Å². The van der Waals surface area contributed by atoms with Gasteiger partial charge in [0.05, 0.1) is 7.11 Å². The molecule has 0 aliphatic carbocycles. The maximum atomic E-state index is 12.8. The first kappa shape index (κ1) is 18.2. The number of ether oxygens (including phenoxy) is 1. The van der Waals surface area contributed by atoms with Crippen LogP contribution in [0.15, 0.2) is 39.5 Å². The Morgan fingerprint density at radius 3 is 2.50 bits per heavy atom. The smallest absolute Gasteiger partial charge is 0.276 e. The van der Waals surface area contributed by atoms with Crippen LogP contribution in [0.4, 0.5) is 0 Å². The summed E-state index contributed by atoms with van der Waals surface area (Å²) in [7, 11) is 1.61. The Morgan fingerprint density at radius 1 is 1.11 bits per heavy atom. The van der Waals surface area contributed by atoms with E-state index in [-0.39, 0.29) is 5.91 Å². The first-order valence-corrected chi connectivity index (χ1v) is 9.05. The molecule has 1 saturated heterocycles. The van der Waals surface area contributed by atoms with Crippen molar-refractivity contribution in [1.82, 2.24) is 25.3 Å². The number of carbonyl (C=O) groups is 1. The predicted octanol–water partition coefficient (Wildman–Crippen LogP) is 2.00. The van der Waals surface area contributed by atoms with Crippen molar-refractivity contribution in [2.45, 2.75) is 13.5 Å². The zero-order valence-electron chi connectivity index (χ0n) is 15.8. The van der Waals surface area contributed by atoms with Crippen molar-refractivity contribution in [3.05, 3.63) is 47.4 Å². The Morgan fingerprint density at radius 2 is 1.86 bits per heavy atom. The van der Waals surface area contributed by atoms with Gasteiger partial charge in [0.15, 0.2) is 11.5 Å². The molecule has 0 radical (unpaired) electrons. The lowest BCUT2D eigenvalue weighted by Crippen LogP contribution is -2.48. The molecule has 3 heterocycles. The summed E-state index contributed by atoms with van der Waals surface area (Å²) < 4.78 is 15.3. The molecule has 1 aliphatic rings. The quantitative estimate of drug-likeness (QED) is 0.660. The fourth-order valence-electron chi connectivity index (χ4n) is 3.14. The molecule has 1 aliphatic heterocycles. The average Bonchev–Trinajstić information content (AvgIpc) is 3.38. The molecule has 1 fully saturated rings. The van der Waals surface area contributed by atoms with Crippen LogP contribution in [0.3, 0.4) is 0 Å². The normalized spacial score (nSPS) is 15.0. The number of aryl methyl sites for hydroxylation is 1. The van der Waals surface area contributed by atoms with Gasteiger partial charge in [0, 0.05) is 44.4 Å². The van der Waals surface area contributed by atoms with Crippen molar-refractivity contribution >= 4 is 5.91 Å². The van der Waals surface area contributed by atoms with E-state index in [0.29, 0.717) is 31.1 Å². The highest BCUT2D eigenvalue weighted by Crippen LogP contribution is 2.23. The highest BCUT2D eigenvalue weighted by atomic mass is 16.6. The standard InChI is InChI=1S/C19H21N5O4/c1-13-17(22-28-20-13)12-23-7-9-24(10-8-23)19(25)16-11-18(27-21-16)14-3-5-15(26-2)6-4-14/h3-6,11H,7-10,12H2,1-2H3. The number of carbonyl (C=O) groups excluding carboxylic acids is 1. The van der Waals surface area contributed by atoms with Gasteiger partial charge in [-0.15, -0.1) is 0 Å². The van der Waals surface area contributed by atoms with Crippen molar-refractivity contribution in [3.63, 3.8) is 0 Å². The van der Waals surface area contributed by atoms with Crippen LogP contribution in [-0.2, 0) is 6.54 Å². The van der Waals surface area contributed by atoms with Crippen molar-refractivity contribution in [2.24, 2.45) is 0 Å². The molecule has 9 heteroatoms. The van der Waals surface area contributed by atoms with E-state index < -0.39 is 0 Å². The maximum absolute atomic E-state index is 12.8. The first-order valence-electron chi connectivity index (χ1n) is 9.05. The summed E-state index contributed by atoms with van der Waals surface area (Å²) in [5.74, 6) is 1.19. The summed E-state index contributed by atoms with van der Waals surface area (Å²) in [5, 5.41) is 11.7. The number of hydrogen-bond acceptors (Lipinski definition) is 8. The summed E-state index contributed by atoms with van der Waals surface area (Å²) in [6.45, 7) is 5.28. The number of amides is 1. The topological polar surface area (TPSA) is 97.7 Å². The van der Waals surface area contributed by atoms with Crippen LogP contribution in [-0.4, -0.2) is 64.5 Å². The zero-order valence-corrected chi connectivity index (χ0v) is 15.8. The van der Waals surface area contributed by atoms with Gasteiger partial charge in [-0.05, 0) is 31.2 Å². The van der Waals surface area contributed by atoms with Crippen molar-refractivity contribution in [2.75, 3.05) is 33.3 Å². The van der Waals surface area contributed by atoms with E-state index in [9.17, 15) is 4.79 Å². The number of piperazine rings is 1. The van der Waals surface area contributed by atoms with Crippen LogP contribution in [0.5, 0.6) is 5.75 Å². The van der Waals surface area contributed by atoms with Crippen LogP contribution >= 0.6 is 0 Å². The Balaban J connectivity index is 1.36. The highest BCUT2D eigenvalue weighted by Gasteiger charge is 2.25. The molecule has 9 nitrogen and oxygen atoms in total. The highest BCUT2D eigenvalue weighted by molar-refractivity contribution is 5.93. The molecule has 0 atom stereocenters. The lowest BCUT2D eigenvalue weighted by Gasteiger charge is -2.33. The van der Waals surface area contributed by atoms with Crippen LogP contribution < -0.4 is 4.74 Å². The fraction of sp³-hybridized carbons (Fsp3) is 0.368. The fourth-order valence-corrected chi connectivity index (χ4v) is 3.14. The SMILES string of the molecule is COc1ccc(-c2cc(C(=O)N3CCN(Cc4nonc4C)CC3)no2)cc1. The van der Waals surface area contributed by atoms with Crippen molar-refractivity contribution in [1.29, 1.82) is 0 Å². The van der Waals surface area contributed by atoms with E-state index in [1.807, 2.05) is 31.2 Å². The van der Waals surface area contributed by atoms with Crippen LogP contribution in [0.2, 0.25) is 0 Å². The largest absolute Gasteiger partial charge is 0.497 e. The average molecular weight is 383 g/mol. The second-order valence-corrected chi connectivity index (χ2v) is 6.67. The minimum Gasteiger partial charge on any atom is -0.497 e. The molecule has 146 valence electrons. The Hall–Kier alpha value is -3.20. The van der Waals surface area contributed by atoms with E-state index in [1.54, 1.807) is 18.1 Å². The summed E-state index contributed by atoms with van der Waals surface area (Å²) in [6.07, 6.45) is 0. The summed E-state index contributed by atoms with van der Waals surface area (Å²) in [5.41, 5.74) is 2.79. The van der Waals surface area contributed by atoms with Gasteiger partial charge in [0.25, 0.3) is 5.91 Å². The van der Waals surface area contributed by atoms with Crippen LogP contribution in [0.1, 0.15) is 21.9 Å². The molecule has 3 aromatic rings. The summed E-state index contributed by atoms with van der Waals surface area (Å²) >= 11 is 0. The molecule has 0 spiro atoms. The lowest BCUT2D eigenvalue weighted by atomic mass is 10.1. The number of benzene rings is 1. The van der Waals surface area contributed by atoms with Gasteiger partial charge < -0.3 is 14.2 Å². The van der Waals surface area contributed by atoms with Gasteiger partial charge in [-0.2, -0.15) is 0 Å². The molecule has 28 heavy (non-hydrogen) atoms. The van der Waals surface area contributed by atoms with Crippen LogP contribution in [0.25, 0.3) is 11.3 Å². The third kappa shape index (κ3) is 3.74. The van der Waals surface area contributed by atoms with E-state index in [0.717, 1.165) is 35.8 Å². The Labute approximate surface area is 161 Å². The van der Waals surface area contributed by atoms with Gasteiger partial charge in [-0.1, -0.05) is 15.5 Å². The second-order valence-electron chi connectivity index (χ2n) is 6.67. The monoisotopic (exact) mass is 383 g/mol. The molecule has 2 aromatic heterocycles. The molecule has 1 aromatic carbocycles. The number of aromatic nitrogens is 3. The number of methoxy groups -OCH3 is 1. The summed E-state index contributed by atoms with van der Waals surface area (Å²) in [6, 6.07) is 9.09. The zero-order chi connectivity index (χ0) is 19.5. The van der Waals surface area contributed by atoms with Crippen LogP contribution in [0, 0.1) is 6.92 Å². The van der Waals surface area contributed by atoms with Gasteiger partial charge in [0.1, 0.15) is 17.1 Å². The van der Waals surface area contributed by atoms with E-state index in [2.05, 4.69) is 20.4 Å². The van der Waals surface area contributed by atoms with Crippen molar-refractivity contribution in [3.8, 4) is 17.1 Å². The third-order valence-corrected chi connectivity index (χ3v) is 4.88. The van der Waals surface area contributed by atoms with Crippen molar-refractivity contribution < 1.29 is 18.7 Å². The molecule has 0 unspecified atom stereocenters. The number of rotatable bonds is 5. The van der Waals surface area contributed by atoms with E-state index in [4.69, 9.17) is 13.9 Å². The number of nitrogens with zero attached hydrogens (tertiary/aromatic N) is 5. The van der Waals surface area contributed by atoms with Gasteiger partial charge in [-0.25, -0.2) is 4.63 Å². The van der Waals surface area contributed by atoms with Gasteiger partial charge >= 0.3 is 0 Å². The summed E-state index contributed by atoms with van der Waals surface area (Å²) in [4.78, 5) is 16.8. The molecule has 4 rings (SSSR count). The predicted molar refractivity (Wildman–Crippen MR) is 98.7 cm³/mol. The molecule has 0 saturated carbocycles. The molecule has 1 amide bonds. The van der Waals surface area contributed by atoms with E-state index in [1.165, 1.54) is 0 Å². The minimum absolute atomic E-state index is 0.123. The minimum atomic E-state index is -0.123. The molecular formula is C19H21N5O4. The molecular weight excluding hydrogens is 362 g/mol. The number of hydrogen-bond donors (Lipinski definition) is 0. The Bertz CT molecular complexity index is 941. The third-order valence-electron chi connectivity index (χ3n) is 4.88.